The van der Waals surface area contributed by atoms with Gasteiger partial charge in [-0.15, -0.1) is 0 Å². The van der Waals surface area contributed by atoms with Crippen LogP contribution < -0.4 is 5.73 Å². The molecule has 3 N–H and O–H groups in total. The van der Waals surface area contributed by atoms with Crippen LogP contribution in [0.1, 0.15) is 0 Å². The lowest BCUT2D eigenvalue weighted by molar-refractivity contribution is 0.621. The van der Waals surface area contributed by atoms with E-state index in [0.29, 0.717) is 26.5 Å². The van der Waals surface area contributed by atoms with Crippen molar-refractivity contribution in [3.63, 3.8) is 0 Å². The number of anilines is 1. The molecule has 0 aliphatic carbocycles. The highest BCUT2D eigenvalue weighted by molar-refractivity contribution is 9.10. The molecule has 3 aromatic rings. The molecule has 1 aromatic heterocycles. The summed E-state index contributed by atoms with van der Waals surface area (Å²) in [7, 11) is 0. The van der Waals surface area contributed by atoms with Gasteiger partial charge in [0.1, 0.15) is 17.2 Å². The quantitative estimate of drug-likeness (QED) is 0.646. The van der Waals surface area contributed by atoms with Crippen molar-refractivity contribution in [1.29, 1.82) is 0 Å². The van der Waals surface area contributed by atoms with Crippen LogP contribution in [0, 0.1) is 5.82 Å². The first-order valence-electron chi connectivity index (χ1n) is 5.45. The standard InChI is InChI=1S/C13H8BrClFN3/c14-8-3-6(1-2-9(8)16)13-18-11-5-7(15)4-10(17)12(11)19-13/h1-5H,17H2,(H,18,19). The van der Waals surface area contributed by atoms with Crippen molar-refractivity contribution in [1.82, 2.24) is 9.97 Å². The van der Waals surface area contributed by atoms with Gasteiger partial charge in [0, 0.05) is 10.6 Å². The zero-order chi connectivity index (χ0) is 13.6. The van der Waals surface area contributed by atoms with Crippen molar-refractivity contribution in [2.24, 2.45) is 0 Å². The number of imidazole rings is 1. The second-order valence-electron chi connectivity index (χ2n) is 4.11. The van der Waals surface area contributed by atoms with Gasteiger partial charge in [0.25, 0.3) is 0 Å². The molecule has 6 heteroatoms. The highest BCUT2D eigenvalue weighted by atomic mass is 79.9. The Bertz CT molecular complexity index is 785. The van der Waals surface area contributed by atoms with Crippen LogP contribution in [0.25, 0.3) is 22.4 Å². The maximum Gasteiger partial charge on any atom is 0.138 e. The van der Waals surface area contributed by atoms with E-state index >= 15 is 0 Å². The van der Waals surface area contributed by atoms with Gasteiger partial charge in [0.05, 0.1) is 15.7 Å². The van der Waals surface area contributed by atoms with Crippen molar-refractivity contribution < 1.29 is 4.39 Å². The molecule has 0 unspecified atom stereocenters. The number of nitrogens with two attached hydrogens (primary N) is 1. The molecule has 0 aliphatic rings. The molecule has 0 bridgehead atoms. The molecule has 3 nitrogen and oxygen atoms in total. The van der Waals surface area contributed by atoms with Gasteiger partial charge in [-0.25, -0.2) is 9.37 Å². The number of benzene rings is 2. The first kappa shape index (κ1) is 12.4. The first-order chi connectivity index (χ1) is 9.04. The summed E-state index contributed by atoms with van der Waals surface area (Å²) in [5.74, 6) is 0.298. The molecule has 0 fully saturated rings. The Labute approximate surface area is 121 Å². The summed E-state index contributed by atoms with van der Waals surface area (Å²) in [6.07, 6.45) is 0. The molecule has 0 saturated heterocycles. The van der Waals surface area contributed by atoms with Crippen molar-refractivity contribution >= 4 is 44.3 Å². The topological polar surface area (TPSA) is 54.7 Å². The summed E-state index contributed by atoms with van der Waals surface area (Å²) in [5.41, 5.74) is 8.54. The van der Waals surface area contributed by atoms with Crippen LogP contribution in [0.15, 0.2) is 34.8 Å². The van der Waals surface area contributed by atoms with Crippen molar-refractivity contribution in [2.45, 2.75) is 0 Å². The van der Waals surface area contributed by atoms with E-state index in [1.54, 1.807) is 24.3 Å². The van der Waals surface area contributed by atoms with E-state index in [-0.39, 0.29) is 5.82 Å². The maximum atomic E-state index is 13.2. The Balaban J connectivity index is 2.20. The average Bonchev–Trinajstić information content (AvgIpc) is 2.76. The Kier molecular flexibility index (Phi) is 2.95. The third kappa shape index (κ3) is 2.19. The molecule has 3 rings (SSSR count). The molecular weight excluding hydrogens is 333 g/mol. The van der Waals surface area contributed by atoms with Gasteiger partial charge in [0.15, 0.2) is 0 Å². The highest BCUT2D eigenvalue weighted by Gasteiger charge is 2.10. The summed E-state index contributed by atoms with van der Waals surface area (Å²) >= 11 is 9.09. The van der Waals surface area contributed by atoms with Gasteiger partial charge in [0.2, 0.25) is 0 Å². The van der Waals surface area contributed by atoms with Gasteiger partial charge >= 0.3 is 0 Å². The maximum absolute atomic E-state index is 13.2. The molecule has 0 aliphatic heterocycles. The minimum atomic E-state index is -0.317. The van der Waals surface area contributed by atoms with Crippen LogP contribution in [0.5, 0.6) is 0 Å². The molecule has 0 radical (unpaired) electrons. The lowest BCUT2D eigenvalue weighted by Crippen LogP contribution is -1.86. The summed E-state index contributed by atoms with van der Waals surface area (Å²) in [5, 5.41) is 0.542. The van der Waals surface area contributed by atoms with E-state index in [1.165, 1.54) is 6.07 Å². The third-order valence-corrected chi connectivity index (χ3v) is 3.60. The predicted molar refractivity (Wildman–Crippen MR) is 78.6 cm³/mol. The number of nitrogen functional groups attached to an aromatic ring is 1. The van der Waals surface area contributed by atoms with Gasteiger partial charge in [-0.05, 0) is 46.3 Å². The lowest BCUT2D eigenvalue weighted by atomic mass is 10.2. The van der Waals surface area contributed by atoms with Crippen LogP contribution in [-0.2, 0) is 0 Å². The number of rotatable bonds is 1. The summed E-state index contributed by atoms with van der Waals surface area (Å²) in [6, 6.07) is 8.08. The predicted octanol–water partition coefficient (Wildman–Crippen LogP) is 4.37. The number of fused-ring (bicyclic) bond motifs is 1. The number of hydrogen-bond acceptors (Lipinski definition) is 2. The summed E-state index contributed by atoms with van der Waals surface area (Å²) in [4.78, 5) is 7.53. The number of H-pyrrole nitrogens is 1. The largest absolute Gasteiger partial charge is 0.397 e. The van der Waals surface area contributed by atoms with Gasteiger partial charge in [-0.1, -0.05) is 11.6 Å². The lowest BCUT2D eigenvalue weighted by Gasteiger charge is -1.98. The Morgan fingerprint density at radius 3 is 2.79 bits per heavy atom. The molecular formula is C13H8BrClFN3. The Morgan fingerprint density at radius 2 is 2.05 bits per heavy atom. The van der Waals surface area contributed by atoms with E-state index in [9.17, 15) is 4.39 Å². The molecule has 2 aromatic carbocycles. The fraction of sp³-hybridized carbons (Fsp3) is 0. The van der Waals surface area contributed by atoms with E-state index in [1.807, 2.05) is 0 Å². The monoisotopic (exact) mass is 339 g/mol. The number of hydrogen-bond donors (Lipinski definition) is 2. The van der Waals surface area contributed by atoms with Crippen LogP contribution in [0.3, 0.4) is 0 Å². The minimum Gasteiger partial charge on any atom is -0.397 e. The van der Waals surface area contributed by atoms with Gasteiger partial charge in [-0.3, -0.25) is 0 Å². The molecule has 1 heterocycles. The van der Waals surface area contributed by atoms with Crippen LogP contribution in [0.4, 0.5) is 10.1 Å². The number of aromatic amines is 1. The number of aromatic nitrogens is 2. The van der Waals surface area contributed by atoms with Crippen LogP contribution in [0.2, 0.25) is 5.02 Å². The van der Waals surface area contributed by atoms with E-state index in [2.05, 4.69) is 25.9 Å². The second-order valence-corrected chi connectivity index (χ2v) is 5.40. The second kappa shape index (κ2) is 4.51. The number of nitrogens with one attached hydrogen (secondary N) is 1. The highest BCUT2D eigenvalue weighted by Crippen LogP contribution is 2.29. The van der Waals surface area contributed by atoms with Gasteiger partial charge < -0.3 is 10.7 Å². The minimum absolute atomic E-state index is 0.317. The van der Waals surface area contributed by atoms with E-state index in [4.69, 9.17) is 17.3 Å². The summed E-state index contributed by atoms with van der Waals surface area (Å²) in [6.45, 7) is 0. The Hall–Kier alpha value is -1.59. The fourth-order valence-corrected chi connectivity index (χ4v) is 2.49. The third-order valence-electron chi connectivity index (χ3n) is 2.77. The molecule has 0 saturated carbocycles. The molecule has 0 amide bonds. The molecule has 19 heavy (non-hydrogen) atoms. The molecule has 96 valence electrons. The average molecular weight is 341 g/mol. The Morgan fingerprint density at radius 1 is 1.26 bits per heavy atom. The van der Waals surface area contributed by atoms with Crippen molar-refractivity contribution in [3.8, 4) is 11.4 Å². The zero-order valence-electron chi connectivity index (χ0n) is 9.55. The van der Waals surface area contributed by atoms with E-state index in [0.717, 1.165) is 11.1 Å². The number of nitrogens with zero attached hydrogens (tertiary/aromatic N) is 1. The number of halogens is 3. The van der Waals surface area contributed by atoms with Crippen LogP contribution in [-0.4, -0.2) is 9.97 Å². The zero-order valence-corrected chi connectivity index (χ0v) is 11.9. The SMILES string of the molecule is Nc1cc(Cl)cc2[nH]c(-c3ccc(F)c(Br)c3)nc12. The normalized spacial score (nSPS) is 11.1. The first-order valence-corrected chi connectivity index (χ1v) is 6.62. The smallest absolute Gasteiger partial charge is 0.138 e. The van der Waals surface area contributed by atoms with Crippen LogP contribution >= 0.6 is 27.5 Å². The van der Waals surface area contributed by atoms with Gasteiger partial charge in [-0.2, -0.15) is 0 Å². The van der Waals surface area contributed by atoms with E-state index < -0.39 is 0 Å². The molecule has 0 atom stereocenters. The van der Waals surface area contributed by atoms with Crippen molar-refractivity contribution in [3.05, 3.63) is 45.6 Å². The fourth-order valence-electron chi connectivity index (χ4n) is 1.89. The molecule has 0 spiro atoms. The summed E-state index contributed by atoms with van der Waals surface area (Å²) < 4.78 is 13.6. The van der Waals surface area contributed by atoms with Crippen molar-refractivity contribution in [2.75, 3.05) is 5.73 Å².